The Morgan fingerprint density at radius 1 is 1.42 bits per heavy atom. The molecule has 0 aliphatic heterocycles. The molecule has 0 aromatic heterocycles. The largest absolute Gasteiger partial charge is 0.491 e. The highest BCUT2D eigenvalue weighted by atomic mass is 32.2. The normalized spacial score (nSPS) is 11.1. The predicted molar refractivity (Wildman–Crippen MR) is 69.1 cm³/mol. The highest BCUT2D eigenvalue weighted by Crippen LogP contribution is 2.27. The van der Waals surface area contributed by atoms with Crippen LogP contribution in [0.5, 0.6) is 5.75 Å². The standard InChI is InChI=1S/C11H15NO6S/c1-19(16,17)12-9-4-3-8(11(14)15)7-10(9)18-6-2-5-13/h3-4,7,12-13H,2,5-6H2,1H3,(H,14,15). The van der Waals surface area contributed by atoms with Crippen molar-refractivity contribution in [2.45, 2.75) is 6.42 Å². The summed E-state index contributed by atoms with van der Waals surface area (Å²) in [6, 6.07) is 3.82. The van der Waals surface area contributed by atoms with Crippen LogP contribution in [-0.2, 0) is 10.0 Å². The Labute approximate surface area is 110 Å². The fraction of sp³-hybridized carbons (Fsp3) is 0.364. The van der Waals surface area contributed by atoms with Crippen LogP contribution in [-0.4, -0.2) is 44.1 Å². The smallest absolute Gasteiger partial charge is 0.335 e. The second kappa shape index (κ2) is 6.39. The molecule has 3 N–H and O–H groups in total. The van der Waals surface area contributed by atoms with Gasteiger partial charge in [0.2, 0.25) is 10.0 Å². The molecule has 8 heteroatoms. The van der Waals surface area contributed by atoms with Gasteiger partial charge in [0.15, 0.2) is 0 Å². The first-order valence-electron chi connectivity index (χ1n) is 5.42. The van der Waals surface area contributed by atoms with Gasteiger partial charge in [-0.3, -0.25) is 4.72 Å². The molecule has 0 saturated heterocycles. The number of rotatable bonds is 7. The molecule has 0 aliphatic rings. The third-order valence-electron chi connectivity index (χ3n) is 2.08. The number of benzene rings is 1. The van der Waals surface area contributed by atoms with E-state index in [1.807, 2.05) is 0 Å². The zero-order chi connectivity index (χ0) is 14.5. The highest BCUT2D eigenvalue weighted by Gasteiger charge is 2.12. The summed E-state index contributed by atoms with van der Waals surface area (Å²) in [5.41, 5.74) is 0.142. The molecule has 106 valence electrons. The van der Waals surface area contributed by atoms with Gasteiger partial charge in [-0.25, -0.2) is 13.2 Å². The molecule has 0 bridgehead atoms. The number of nitrogens with one attached hydrogen (secondary N) is 1. The number of carbonyl (C=O) groups is 1. The molecule has 7 nitrogen and oxygen atoms in total. The number of aliphatic hydroxyl groups is 1. The monoisotopic (exact) mass is 289 g/mol. The van der Waals surface area contributed by atoms with Gasteiger partial charge >= 0.3 is 5.97 Å². The number of sulfonamides is 1. The maximum atomic E-state index is 11.2. The Kier molecular flexibility index (Phi) is 5.13. The minimum Gasteiger partial charge on any atom is -0.491 e. The Balaban J connectivity index is 3.03. The molecule has 0 amide bonds. The van der Waals surface area contributed by atoms with Crippen molar-refractivity contribution in [2.24, 2.45) is 0 Å². The van der Waals surface area contributed by atoms with E-state index in [0.717, 1.165) is 6.26 Å². The van der Waals surface area contributed by atoms with E-state index < -0.39 is 16.0 Å². The first-order valence-corrected chi connectivity index (χ1v) is 7.31. The third-order valence-corrected chi connectivity index (χ3v) is 2.67. The van der Waals surface area contributed by atoms with E-state index in [1.54, 1.807) is 0 Å². The lowest BCUT2D eigenvalue weighted by Gasteiger charge is -2.12. The van der Waals surface area contributed by atoms with Gasteiger partial charge in [-0.05, 0) is 18.2 Å². The highest BCUT2D eigenvalue weighted by molar-refractivity contribution is 7.92. The summed E-state index contributed by atoms with van der Waals surface area (Å²) < 4.78 is 29.9. The minimum atomic E-state index is -3.49. The van der Waals surface area contributed by atoms with Crippen LogP contribution in [0.2, 0.25) is 0 Å². The van der Waals surface area contributed by atoms with E-state index in [1.165, 1.54) is 18.2 Å². The first-order chi connectivity index (χ1) is 8.83. The molecule has 0 saturated carbocycles. The average Bonchev–Trinajstić information content (AvgIpc) is 2.29. The van der Waals surface area contributed by atoms with E-state index in [9.17, 15) is 13.2 Å². The molecule has 0 atom stereocenters. The van der Waals surface area contributed by atoms with Crippen molar-refractivity contribution in [1.29, 1.82) is 0 Å². The Bertz CT molecular complexity index is 554. The lowest BCUT2D eigenvalue weighted by atomic mass is 10.2. The fourth-order valence-corrected chi connectivity index (χ4v) is 1.87. The molecule has 0 unspecified atom stereocenters. The van der Waals surface area contributed by atoms with Crippen molar-refractivity contribution >= 4 is 21.7 Å². The Morgan fingerprint density at radius 3 is 2.63 bits per heavy atom. The maximum absolute atomic E-state index is 11.2. The summed E-state index contributed by atoms with van der Waals surface area (Å²) in [5, 5.41) is 17.5. The van der Waals surface area contributed by atoms with Gasteiger partial charge in [-0.1, -0.05) is 0 Å². The first kappa shape index (κ1) is 15.3. The van der Waals surface area contributed by atoms with Crippen LogP contribution < -0.4 is 9.46 Å². The van der Waals surface area contributed by atoms with Gasteiger partial charge in [0, 0.05) is 13.0 Å². The molecule has 1 rings (SSSR count). The van der Waals surface area contributed by atoms with E-state index >= 15 is 0 Å². The van der Waals surface area contributed by atoms with Crippen LogP contribution in [0.25, 0.3) is 0 Å². The summed E-state index contributed by atoms with van der Waals surface area (Å²) in [6.07, 6.45) is 1.34. The number of hydrogen-bond acceptors (Lipinski definition) is 5. The van der Waals surface area contributed by atoms with E-state index in [0.29, 0.717) is 6.42 Å². The number of aromatic carboxylic acids is 1. The van der Waals surface area contributed by atoms with Crippen LogP contribution in [0.15, 0.2) is 18.2 Å². The second-order valence-corrected chi connectivity index (χ2v) is 5.56. The molecular formula is C11H15NO6S. The molecule has 0 aliphatic carbocycles. The molecule has 19 heavy (non-hydrogen) atoms. The van der Waals surface area contributed by atoms with Crippen LogP contribution in [0.4, 0.5) is 5.69 Å². The number of carboxylic acid groups (broad SMARTS) is 1. The van der Waals surface area contributed by atoms with Gasteiger partial charge in [0.25, 0.3) is 0 Å². The molecule has 1 aromatic rings. The van der Waals surface area contributed by atoms with Crippen LogP contribution in [0.3, 0.4) is 0 Å². The second-order valence-electron chi connectivity index (χ2n) is 3.82. The topological polar surface area (TPSA) is 113 Å². The van der Waals surface area contributed by atoms with E-state index in [4.69, 9.17) is 14.9 Å². The Hall–Kier alpha value is -1.80. The molecule has 0 radical (unpaired) electrons. The maximum Gasteiger partial charge on any atom is 0.335 e. The summed E-state index contributed by atoms with van der Waals surface area (Å²) >= 11 is 0. The minimum absolute atomic E-state index is 0.0157. The van der Waals surface area contributed by atoms with Gasteiger partial charge in [0.05, 0.1) is 24.1 Å². The Morgan fingerprint density at radius 2 is 2.11 bits per heavy atom. The third kappa shape index (κ3) is 5.14. The average molecular weight is 289 g/mol. The lowest BCUT2D eigenvalue weighted by molar-refractivity contribution is 0.0696. The van der Waals surface area contributed by atoms with Crippen molar-refractivity contribution in [3.05, 3.63) is 23.8 Å². The summed E-state index contributed by atoms with van der Waals surface area (Å²) in [4.78, 5) is 10.8. The number of hydrogen-bond donors (Lipinski definition) is 3. The molecule has 0 fully saturated rings. The number of aliphatic hydroxyl groups excluding tert-OH is 1. The lowest BCUT2D eigenvalue weighted by Crippen LogP contribution is -2.12. The van der Waals surface area contributed by atoms with Gasteiger partial charge in [-0.2, -0.15) is 0 Å². The van der Waals surface area contributed by atoms with Crippen LogP contribution >= 0.6 is 0 Å². The van der Waals surface area contributed by atoms with Crippen molar-refractivity contribution in [2.75, 3.05) is 24.2 Å². The summed E-state index contributed by atoms with van der Waals surface area (Å²) in [5.74, 6) is -1.03. The fourth-order valence-electron chi connectivity index (χ4n) is 1.31. The quantitative estimate of drug-likeness (QED) is 0.631. The molecule has 0 heterocycles. The van der Waals surface area contributed by atoms with Crippen LogP contribution in [0.1, 0.15) is 16.8 Å². The van der Waals surface area contributed by atoms with E-state index in [2.05, 4.69) is 4.72 Å². The van der Waals surface area contributed by atoms with Crippen LogP contribution in [0, 0.1) is 0 Å². The van der Waals surface area contributed by atoms with E-state index in [-0.39, 0.29) is 30.2 Å². The van der Waals surface area contributed by atoms with Gasteiger partial charge in [-0.15, -0.1) is 0 Å². The zero-order valence-corrected chi connectivity index (χ0v) is 11.1. The van der Waals surface area contributed by atoms with Gasteiger partial charge in [0.1, 0.15) is 5.75 Å². The van der Waals surface area contributed by atoms with Crippen molar-refractivity contribution < 1.29 is 28.2 Å². The molecule has 0 spiro atoms. The summed E-state index contributed by atoms with van der Waals surface area (Å²) in [7, 11) is -3.49. The van der Waals surface area contributed by atoms with Crippen molar-refractivity contribution in [1.82, 2.24) is 0 Å². The summed E-state index contributed by atoms with van der Waals surface area (Å²) in [6.45, 7) is 0.0749. The predicted octanol–water partition coefficient (Wildman–Crippen LogP) is 0.517. The van der Waals surface area contributed by atoms with Crippen molar-refractivity contribution in [3.63, 3.8) is 0 Å². The molecule has 1 aromatic carbocycles. The number of anilines is 1. The SMILES string of the molecule is CS(=O)(=O)Nc1ccc(C(=O)O)cc1OCCCO. The molecular weight excluding hydrogens is 274 g/mol. The number of carboxylic acids is 1. The zero-order valence-electron chi connectivity index (χ0n) is 10.3. The van der Waals surface area contributed by atoms with Crippen molar-refractivity contribution in [3.8, 4) is 5.75 Å². The van der Waals surface area contributed by atoms with Gasteiger partial charge < -0.3 is 14.9 Å². The number of ether oxygens (including phenoxy) is 1.